The van der Waals surface area contributed by atoms with E-state index in [2.05, 4.69) is 12.8 Å². The van der Waals surface area contributed by atoms with Crippen LogP contribution in [0.3, 0.4) is 0 Å². The maximum absolute atomic E-state index is 10.6. The Kier molecular flexibility index (Phi) is 6.92. The highest BCUT2D eigenvalue weighted by Crippen LogP contribution is 2.18. The third-order valence-corrected chi connectivity index (χ3v) is 2.45. The van der Waals surface area contributed by atoms with Gasteiger partial charge in [-0.05, 0) is 18.8 Å². The van der Waals surface area contributed by atoms with E-state index >= 15 is 0 Å². The lowest BCUT2D eigenvalue weighted by atomic mass is 9.93. The number of carbonyl (C=O) groups is 1. The molecule has 0 rings (SSSR count). The van der Waals surface area contributed by atoms with E-state index in [4.69, 9.17) is 11.5 Å². The first-order chi connectivity index (χ1) is 6.57. The second kappa shape index (κ2) is 7.44. The van der Waals surface area contributed by atoms with Crippen LogP contribution >= 0.6 is 0 Å². The SMILES string of the molecule is C#CCCCCC(C)CC(C)C(=O)O. The normalized spacial score (nSPS) is 14.4. The molecule has 0 heterocycles. The van der Waals surface area contributed by atoms with E-state index < -0.39 is 5.97 Å². The van der Waals surface area contributed by atoms with Gasteiger partial charge in [0.05, 0.1) is 5.92 Å². The van der Waals surface area contributed by atoms with Crippen LogP contribution in [-0.4, -0.2) is 11.1 Å². The molecule has 2 unspecified atom stereocenters. The van der Waals surface area contributed by atoms with Crippen molar-refractivity contribution in [1.82, 2.24) is 0 Å². The Balaban J connectivity index is 3.50. The molecular formula is C12H20O2. The first-order valence-corrected chi connectivity index (χ1v) is 5.24. The fourth-order valence-electron chi connectivity index (χ4n) is 1.54. The van der Waals surface area contributed by atoms with Gasteiger partial charge in [0, 0.05) is 6.42 Å². The summed E-state index contributed by atoms with van der Waals surface area (Å²) in [7, 11) is 0. The molecule has 0 aromatic heterocycles. The minimum Gasteiger partial charge on any atom is -0.481 e. The van der Waals surface area contributed by atoms with Gasteiger partial charge < -0.3 is 5.11 Å². The van der Waals surface area contributed by atoms with Gasteiger partial charge >= 0.3 is 5.97 Å². The van der Waals surface area contributed by atoms with Crippen molar-refractivity contribution in [3.8, 4) is 12.3 Å². The van der Waals surface area contributed by atoms with Crippen LogP contribution in [0.2, 0.25) is 0 Å². The van der Waals surface area contributed by atoms with E-state index in [1.54, 1.807) is 6.92 Å². The monoisotopic (exact) mass is 196 g/mol. The van der Waals surface area contributed by atoms with Gasteiger partial charge in [-0.25, -0.2) is 0 Å². The summed E-state index contributed by atoms with van der Waals surface area (Å²) < 4.78 is 0. The predicted octanol–water partition coefficient (Wildman–Crippen LogP) is 2.93. The van der Waals surface area contributed by atoms with Crippen molar-refractivity contribution in [3.63, 3.8) is 0 Å². The molecule has 80 valence electrons. The molecule has 0 amide bonds. The quantitative estimate of drug-likeness (QED) is 0.502. The molecular weight excluding hydrogens is 176 g/mol. The zero-order chi connectivity index (χ0) is 11.0. The molecule has 0 aliphatic rings. The number of aliphatic carboxylic acids is 1. The third-order valence-electron chi connectivity index (χ3n) is 2.45. The highest BCUT2D eigenvalue weighted by Gasteiger charge is 2.14. The van der Waals surface area contributed by atoms with Crippen LogP contribution in [-0.2, 0) is 4.79 Å². The van der Waals surface area contributed by atoms with E-state index in [1.165, 1.54) is 0 Å². The Bertz CT molecular complexity index is 203. The highest BCUT2D eigenvalue weighted by atomic mass is 16.4. The molecule has 0 fully saturated rings. The third kappa shape index (κ3) is 6.54. The van der Waals surface area contributed by atoms with Crippen LogP contribution in [0, 0.1) is 24.2 Å². The van der Waals surface area contributed by atoms with Crippen LogP contribution < -0.4 is 0 Å². The number of hydrogen-bond acceptors (Lipinski definition) is 1. The Morgan fingerprint density at radius 2 is 2.07 bits per heavy atom. The van der Waals surface area contributed by atoms with Crippen LogP contribution in [0.4, 0.5) is 0 Å². The van der Waals surface area contributed by atoms with Gasteiger partial charge in [0.2, 0.25) is 0 Å². The molecule has 0 bridgehead atoms. The van der Waals surface area contributed by atoms with Crippen LogP contribution in [0.1, 0.15) is 46.0 Å². The van der Waals surface area contributed by atoms with Crippen LogP contribution in [0.5, 0.6) is 0 Å². The summed E-state index contributed by atoms with van der Waals surface area (Å²) in [4.78, 5) is 10.6. The second-order valence-corrected chi connectivity index (χ2v) is 4.03. The van der Waals surface area contributed by atoms with Gasteiger partial charge in [-0.2, -0.15) is 0 Å². The minimum absolute atomic E-state index is 0.224. The fraction of sp³-hybridized carbons (Fsp3) is 0.750. The Morgan fingerprint density at radius 3 is 2.57 bits per heavy atom. The number of carboxylic acids is 1. The van der Waals surface area contributed by atoms with Crippen molar-refractivity contribution in [2.75, 3.05) is 0 Å². The molecule has 0 aliphatic heterocycles. The summed E-state index contributed by atoms with van der Waals surface area (Å²) in [6.07, 6.45) is 9.99. The maximum atomic E-state index is 10.6. The fourth-order valence-corrected chi connectivity index (χ4v) is 1.54. The summed E-state index contributed by atoms with van der Waals surface area (Å²) in [5.41, 5.74) is 0. The maximum Gasteiger partial charge on any atom is 0.306 e. The summed E-state index contributed by atoms with van der Waals surface area (Å²) in [6, 6.07) is 0. The molecule has 0 saturated carbocycles. The van der Waals surface area contributed by atoms with Crippen molar-refractivity contribution < 1.29 is 9.90 Å². The molecule has 2 nitrogen and oxygen atoms in total. The molecule has 14 heavy (non-hydrogen) atoms. The van der Waals surface area contributed by atoms with Crippen molar-refractivity contribution in [2.45, 2.75) is 46.0 Å². The number of rotatable bonds is 7. The number of terminal acetylenes is 1. The van der Waals surface area contributed by atoms with Crippen molar-refractivity contribution in [1.29, 1.82) is 0 Å². The first kappa shape index (κ1) is 13.0. The molecule has 0 aromatic rings. The molecule has 2 heteroatoms. The van der Waals surface area contributed by atoms with E-state index in [1.807, 2.05) is 0 Å². The summed E-state index contributed by atoms with van der Waals surface area (Å²) in [5, 5.41) is 8.71. The zero-order valence-electron chi connectivity index (χ0n) is 9.12. The number of hydrogen-bond donors (Lipinski definition) is 1. The lowest BCUT2D eigenvalue weighted by molar-refractivity contribution is -0.141. The minimum atomic E-state index is -0.694. The summed E-state index contributed by atoms with van der Waals surface area (Å²) in [6.45, 7) is 3.87. The van der Waals surface area contributed by atoms with Gasteiger partial charge in [-0.15, -0.1) is 12.3 Å². The predicted molar refractivity (Wildman–Crippen MR) is 57.9 cm³/mol. The van der Waals surface area contributed by atoms with E-state index in [-0.39, 0.29) is 5.92 Å². The highest BCUT2D eigenvalue weighted by molar-refractivity contribution is 5.69. The van der Waals surface area contributed by atoms with Crippen molar-refractivity contribution in [3.05, 3.63) is 0 Å². The molecule has 0 saturated heterocycles. The number of carboxylic acid groups (broad SMARTS) is 1. The van der Waals surface area contributed by atoms with Gasteiger partial charge in [0.1, 0.15) is 0 Å². The lowest BCUT2D eigenvalue weighted by Gasteiger charge is -2.13. The molecule has 0 aliphatic carbocycles. The Labute approximate surface area is 86.7 Å². The molecule has 0 aromatic carbocycles. The van der Waals surface area contributed by atoms with E-state index in [9.17, 15) is 4.79 Å². The molecule has 0 spiro atoms. The van der Waals surface area contributed by atoms with Crippen molar-refractivity contribution >= 4 is 5.97 Å². The molecule has 2 atom stereocenters. The lowest BCUT2D eigenvalue weighted by Crippen LogP contribution is -2.13. The van der Waals surface area contributed by atoms with Gasteiger partial charge in [0.15, 0.2) is 0 Å². The van der Waals surface area contributed by atoms with Gasteiger partial charge in [0.25, 0.3) is 0 Å². The topological polar surface area (TPSA) is 37.3 Å². The second-order valence-electron chi connectivity index (χ2n) is 4.03. The average molecular weight is 196 g/mol. The molecule has 1 N–H and O–H groups in total. The molecule has 0 radical (unpaired) electrons. The zero-order valence-corrected chi connectivity index (χ0v) is 9.12. The van der Waals surface area contributed by atoms with Crippen LogP contribution in [0.25, 0.3) is 0 Å². The largest absolute Gasteiger partial charge is 0.481 e. The van der Waals surface area contributed by atoms with Crippen molar-refractivity contribution in [2.24, 2.45) is 11.8 Å². The smallest absolute Gasteiger partial charge is 0.306 e. The van der Waals surface area contributed by atoms with Gasteiger partial charge in [-0.1, -0.05) is 26.7 Å². The Hall–Kier alpha value is -0.970. The van der Waals surface area contributed by atoms with E-state index in [0.29, 0.717) is 5.92 Å². The van der Waals surface area contributed by atoms with Crippen LogP contribution in [0.15, 0.2) is 0 Å². The summed E-state index contributed by atoms with van der Waals surface area (Å²) >= 11 is 0. The number of unbranched alkanes of at least 4 members (excludes halogenated alkanes) is 2. The summed E-state index contributed by atoms with van der Waals surface area (Å²) in [5.74, 6) is 2.17. The standard InChI is InChI=1S/C12H20O2/c1-4-5-6-7-8-10(2)9-11(3)12(13)14/h1,10-11H,5-9H2,2-3H3,(H,13,14). The van der Waals surface area contributed by atoms with Gasteiger partial charge in [-0.3, -0.25) is 4.79 Å². The van der Waals surface area contributed by atoms with E-state index in [0.717, 1.165) is 32.1 Å². The first-order valence-electron chi connectivity index (χ1n) is 5.24. The average Bonchev–Trinajstić information content (AvgIpc) is 2.12. The Morgan fingerprint density at radius 1 is 1.43 bits per heavy atom.